The monoisotopic (exact) mass is 630 g/mol. The van der Waals surface area contributed by atoms with Crippen LogP contribution >= 0.6 is 0 Å². The fraction of sp³-hybridized carbons (Fsp3) is 0.109. The Morgan fingerprint density at radius 2 is 1.67 bits per heavy atom. The van der Waals surface area contributed by atoms with Crippen LogP contribution in [-0.4, -0.2) is 9.55 Å². The highest BCUT2D eigenvalue weighted by molar-refractivity contribution is 6.16. The lowest BCUT2D eigenvalue weighted by molar-refractivity contribution is 0.665. The predicted molar refractivity (Wildman–Crippen MR) is 202 cm³/mol. The molecule has 0 fully saturated rings. The molecule has 3 heteroatoms. The fourth-order valence-corrected chi connectivity index (χ4v) is 8.93. The molecule has 2 unspecified atom stereocenters. The number of nitrogens with zero attached hydrogens (tertiary/aromatic N) is 2. The van der Waals surface area contributed by atoms with Crippen LogP contribution in [0.1, 0.15) is 47.9 Å². The van der Waals surface area contributed by atoms with E-state index >= 15 is 0 Å². The second-order valence-corrected chi connectivity index (χ2v) is 13.3. The van der Waals surface area contributed by atoms with E-state index in [0.717, 1.165) is 79.6 Å². The third-order valence-electron chi connectivity index (χ3n) is 10.9. The summed E-state index contributed by atoms with van der Waals surface area (Å²) >= 11 is 0. The van der Waals surface area contributed by atoms with Crippen molar-refractivity contribution in [3.8, 4) is 11.4 Å². The van der Waals surface area contributed by atoms with Crippen molar-refractivity contribution in [1.29, 1.82) is 0 Å². The molecule has 2 atom stereocenters. The standard InChI is InChI=1S/C46H34N2O/c1-3-4-24-40(48-39-25-14-13-23-38(39)47-45(48)30-16-6-5-7-17-30)42-29(2)46(35-21-11-8-18-31(35)32-19-9-12-22-36(32)46)37-28-27-34-33-20-10-15-26-41(33)49-44(34)43(37)42/h4-18,20-28,32H,2-3,19H2,1H3. The van der Waals surface area contributed by atoms with Crippen LogP contribution in [0, 0.1) is 0 Å². The van der Waals surface area contributed by atoms with Crippen molar-refractivity contribution in [2.24, 2.45) is 0 Å². The minimum absolute atomic E-state index is 0.292. The molecule has 2 aromatic heterocycles. The third-order valence-corrected chi connectivity index (χ3v) is 10.9. The molecule has 7 aromatic rings. The molecule has 2 heterocycles. The zero-order chi connectivity index (χ0) is 32.7. The molecule has 1 spiro atoms. The first-order valence-corrected chi connectivity index (χ1v) is 17.3. The Morgan fingerprint density at radius 1 is 0.878 bits per heavy atom. The summed E-state index contributed by atoms with van der Waals surface area (Å²) in [7, 11) is 0. The Balaban J connectivity index is 1.42. The summed E-state index contributed by atoms with van der Waals surface area (Å²) < 4.78 is 9.27. The van der Waals surface area contributed by atoms with Gasteiger partial charge in [0.25, 0.3) is 0 Å². The maximum atomic E-state index is 6.92. The number of hydrogen-bond donors (Lipinski definition) is 0. The molecule has 3 nitrogen and oxygen atoms in total. The van der Waals surface area contributed by atoms with Crippen LogP contribution in [0.15, 0.2) is 168 Å². The van der Waals surface area contributed by atoms with Gasteiger partial charge in [-0.25, -0.2) is 4.98 Å². The van der Waals surface area contributed by atoms with Gasteiger partial charge >= 0.3 is 0 Å². The predicted octanol–water partition coefficient (Wildman–Crippen LogP) is 11.8. The molecule has 49 heavy (non-hydrogen) atoms. The number of hydrogen-bond acceptors (Lipinski definition) is 2. The Kier molecular flexibility index (Phi) is 6.05. The van der Waals surface area contributed by atoms with Crippen molar-refractivity contribution in [2.45, 2.75) is 31.1 Å². The Bertz CT molecular complexity index is 2640. The molecule has 0 aliphatic heterocycles. The third kappa shape index (κ3) is 3.70. The van der Waals surface area contributed by atoms with Gasteiger partial charge < -0.3 is 4.42 Å². The number of benzene rings is 5. The lowest BCUT2D eigenvalue weighted by Gasteiger charge is -2.32. The van der Waals surface area contributed by atoms with E-state index in [9.17, 15) is 0 Å². The van der Waals surface area contributed by atoms with Crippen molar-refractivity contribution < 1.29 is 4.42 Å². The summed E-state index contributed by atoms with van der Waals surface area (Å²) in [5, 5.41) is 2.24. The molecule has 3 aliphatic rings. The second-order valence-electron chi connectivity index (χ2n) is 13.3. The first kappa shape index (κ1) is 28.1. The summed E-state index contributed by atoms with van der Waals surface area (Å²) in [6, 6.07) is 41.1. The van der Waals surface area contributed by atoms with Crippen LogP contribution in [-0.2, 0) is 5.41 Å². The van der Waals surface area contributed by atoms with Crippen molar-refractivity contribution >= 4 is 44.2 Å². The van der Waals surface area contributed by atoms with E-state index in [0.29, 0.717) is 5.92 Å². The number of rotatable bonds is 4. The molecule has 5 aromatic carbocycles. The summed E-state index contributed by atoms with van der Waals surface area (Å²) in [5.41, 5.74) is 14.1. The highest BCUT2D eigenvalue weighted by atomic mass is 16.3. The van der Waals surface area contributed by atoms with Crippen molar-refractivity contribution in [1.82, 2.24) is 9.55 Å². The molecule has 0 amide bonds. The van der Waals surface area contributed by atoms with Crippen molar-refractivity contribution in [3.63, 3.8) is 0 Å². The van der Waals surface area contributed by atoms with Gasteiger partial charge in [0.1, 0.15) is 17.0 Å². The largest absolute Gasteiger partial charge is 0.455 e. The molecular weight excluding hydrogens is 597 g/mol. The average Bonchev–Trinajstić information content (AvgIpc) is 3.88. The van der Waals surface area contributed by atoms with Gasteiger partial charge in [0, 0.05) is 33.4 Å². The van der Waals surface area contributed by atoms with Crippen LogP contribution < -0.4 is 0 Å². The smallest absolute Gasteiger partial charge is 0.145 e. The SMILES string of the molecule is C=C1C(=C(C=CCC)n2c(-c3ccccc3)nc3ccccc32)c2c(ccc3c2oc2ccccc23)C12C1=CC=CCC1c1ccccc12. The van der Waals surface area contributed by atoms with E-state index < -0.39 is 5.41 Å². The minimum atomic E-state index is -0.529. The van der Waals surface area contributed by atoms with Gasteiger partial charge in [0.2, 0.25) is 0 Å². The van der Waals surface area contributed by atoms with Crippen molar-refractivity contribution in [3.05, 3.63) is 186 Å². The van der Waals surface area contributed by atoms with Crippen LogP contribution in [0.5, 0.6) is 0 Å². The molecule has 0 radical (unpaired) electrons. The maximum absolute atomic E-state index is 6.92. The van der Waals surface area contributed by atoms with Crippen LogP contribution in [0.25, 0.3) is 55.6 Å². The number of fused-ring (bicyclic) bond motifs is 12. The lowest BCUT2D eigenvalue weighted by atomic mass is 9.69. The molecule has 234 valence electrons. The summed E-state index contributed by atoms with van der Waals surface area (Å²) in [4.78, 5) is 5.27. The molecule has 10 rings (SSSR count). The van der Waals surface area contributed by atoms with E-state index in [4.69, 9.17) is 16.0 Å². The van der Waals surface area contributed by atoms with Gasteiger partial charge in [0.15, 0.2) is 0 Å². The van der Waals surface area contributed by atoms with Gasteiger partial charge in [0.05, 0.1) is 22.1 Å². The Labute approximate surface area is 285 Å². The second kappa shape index (κ2) is 10.5. The van der Waals surface area contributed by atoms with Gasteiger partial charge in [-0.3, -0.25) is 4.57 Å². The number of imidazole rings is 1. The highest BCUT2D eigenvalue weighted by Gasteiger charge is 2.57. The van der Waals surface area contributed by atoms with Crippen molar-refractivity contribution in [2.75, 3.05) is 0 Å². The molecule has 0 saturated carbocycles. The van der Waals surface area contributed by atoms with E-state index in [1.54, 1.807) is 0 Å². The first-order chi connectivity index (χ1) is 24.2. The summed E-state index contributed by atoms with van der Waals surface area (Å²) in [6.07, 6.45) is 13.3. The number of aromatic nitrogens is 2. The van der Waals surface area contributed by atoms with Gasteiger partial charge in [-0.2, -0.15) is 0 Å². The zero-order valence-electron chi connectivity index (χ0n) is 27.4. The normalized spacial score (nSPS) is 20.5. The van der Waals surface area contributed by atoms with Crippen LogP contribution in [0.3, 0.4) is 0 Å². The number of furan rings is 1. The van der Waals surface area contributed by atoms with E-state index in [1.807, 2.05) is 0 Å². The fourth-order valence-electron chi connectivity index (χ4n) is 8.93. The van der Waals surface area contributed by atoms with Crippen LogP contribution in [0.4, 0.5) is 0 Å². The van der Waals surface area contributed by atoms with E-state index in [-0.39, 0.29) is 0 Å². The Morgan fingerprint density at radius 3 is 2.57 bits per heavy atom. The zero-order valence-corrected chi connectivity index (χ0v) is 27.4. The molecule has 0 saturated heterocycles. The maximum Gasteiger partial charge on any atom is 0.145 e. The Hall–Kier alpha value is -5.93. The van der Waals surface area contributed by atoms with Crippen LogP contribution in [0.2, 0.25) is 0 Å². The summed E-state index contributed by atoms with van der Waals surface area (Å²) in [6.45, 7) is 7.32. The summed E-state index contributed by atoms with van der Waals surface area (Å²) in [5.74, 6) is 1.20. The van der Waals surface area contributed by atoms with Gasteiger partial charge in [-0.1, -0.05) is 135 Å². The van der Waals surface area contributed by atoms with E-state index in [1.165, 1.54) is 22.3 Å². The first-order valence-electron chi connectivity index (χ1n) is 17.3. The molecule has 3 aliphatic carbocycles. The highest BCUT2D eigenvalue weighted by Crippen LogP contribution is 2.67. The number of para-hydroxylation sites is 3. The molecule has 0 bridgehead atoms. The van der Waals surface area contributed by atoms with Gasteiger partial charge in [-0.05, 0) is 65.0 Å². The topological polar surface area (TPSA) is 31.0 Å². The average molecular weight is 631 g/mol. The molecular formula is C46H34N2O. The quantitative estimate of drug-likeness (QED) is 0.194. The number of allylic oxidation sites excluding steroid dienone is 9. The minimum Gasteiger partial charge on any atom is -0.455 e. The van der Waals surface area contributed by atoms with Gasteiger partial charge in [-0.15, -0.1) is 0 Å². The van der Waals surface area contributed by atoms with E-state index in [2.05, 4.69) is 157 Å². The lowest BCUT2D eigenvalue weighted by Crippen LogP contribution is -2.27. The molecule has 0 N–H and O–H groups in total.